The Hall–Kier alpha value is -3.80. The molecule has 0 bridgehead atoms. The van der Waals surface area contributed by atoms with E-state index in [2.05, 4.69) is 10.3 Å². The van der Waals surface area contributed by atoms with Crippen LogP contribution in [0.1, 0.15) is 0 Å². The van der Waals surface area contributed by atoms with Crippen LogP contribution >= 0.6 is 0 Å². The number of ether oxygens (including phenoxy) is 3. The lowest BCUT2D eigenvalue weighted by Crippen LogP contribution is -1.94. The molecule has 5 nitrogen and oxygen atoms in total. The van der Waals surface area contributed by atoms with Crippen molar-refractivity contribution in [2.75, 3.05) is 19.5 Å². The van der Waals surface area contributed by atoms with E-state index in [1.807, 2.05) is 36.4 Å². The van der Waals surface area contributed by atoms with E-state index in [0.717, 1.165) is 22.3 Å². The van der Waals surface area contributed by atoms with Gasteiger partial charge < -0.3 is 19.5 Å². The summed E-state index contributed by atoms with van der Waals surface area (Å²) in [5.41, 5.74) is 2.42. The molecule has 4 aromatic rings. The van der Waals surface area contributed by atoms with Gasteiger partial charge in [0.15, 0.2) is 11.5 Å². The molecule has 29 heavy (non-hydrogen) atoms. The topological polar surface area (TPSA) is 52.6 Å². The maximum absolute atomic E-state index is 13.0. The summed E-state index contributed by atoms with van der Waals surface area (Å²) in [5, 5.41) is 4.04. The zero-order valence-corrected chi connectivity index (χ0v) is 16.0. The lowest BCUT2D eigenvalue weighted by molar-refractivity contribution is 0.355. The van der Waals surface area contributed by atoms with Crippen molar-refractivity contribution in [1.29, 1.82) is 0 Å². The molecule has 0 amide bonds. The molecule has 0 fully saturated rings. The summed E-state index contributed by atoms with van der Waals surface area (Å²) in [4.78, 5) is 4.38. The lowest BCUT2D eigenvalue weighted by Gasteiger charge is -2.13. The predicted octanol–water partition coefficient (Wildman–Crippen LogP) is 5.93. The monoisotopic (exact) mass is 390 g/mol. The number of pyridine rings is 1. The molecule has 0 unspecified atom stereocenters. The highest BCUT2D eigenvalue weighted by Gasteiger charge is 2.11. The van der Waals surface area contributed by atoms with E-state index in [4.69, 9.17) is 14.2 Å². The minimum Gasteiger partial charge on any atom is -0.493 e. The number of benzene rings is 3. The molecule has 0 saturated heterocycles. The fourth-order valence-corrected chi connectivity index (χ4v) is 2.97. The summed E-state index contributed by atoms with van der Waals surface area (Å²) >= 11 is 0. The van der Waals surface area contributed by atoms with Crippen molar-refractivity contribution in [2.24, 2.45) is 0 Å². The number of hydrogen-bond acceptors (Lipinski definition) is 5. The van der Waals surface area contributed by atoms with Crippen LogP contribution in [-0.2, 0) is 0 Å². The Morgan fingerprint density at radius 1 is 0.759 bits per heavy atom. The van der Waals surface area contributed by atoms with Gasteiger partial charge in [0.1, 0.15) is 17.3 Å². The molecule has 1 N–H and O–H groups in total. The second-order valence-corrected chi connectivity index (χ2v) is 6.29. The standard InChI is InChI=1S/C23H19FN2O3/c1-27-22-13-19-20(14-23(22)28-2)25-12-11-21(19)29-18-9-7-17(8-10-18)26-16-5-3-15(24)4-6-16/h3-14,26H,1-2H3. The summed E-state index contributed by atoms with van der Waals surface area (Å²) in [6.07, 6.45) is 1.69. The van der Waals surface area contributed by atoms with Gasteiger partial charge in [-0.1, -0.05) is 0 Å². The summed E-state index contributed by atoms with van der Waals surface area (Å²) in [7, 11) is 3.18. The Morgan fingerprint density at radius 3 is 2.03 bits per heavy atom. The first-order valence-electron chi connectivity index (χ1n) is 8.97. The average Bonchev–Trinajstić information content (AvgIpc) is 2.76. The fraction of sp³-hybridized carbons (Fsp3) is 0.0870. The molecule has 1 aromatic heterocycles. The van der Waals surface area contributed by atoms with Crippen LogP contribution in [0.3, 0.4) is 0 Å². The van der Waals surface area contributed by atoms with Gasteiger partial charge in [-0.15, -0.1) is 0 Å². The zero-order chi connectivity index (χ0) is 20.2. The maximum Gasteiger partial charge on any atom is 0.162 e. The third-order valence-corrected chi connectivity index (χ3v) is 4.42. The third-order valence-electron chi connectivity index (χ3n) is 4.42. The molecular formula is C23H19FN2O3. The SMILES string of the molecule is COc1cc2nccc(Oc3ccc(Nc4ccc(F)cc4)cc3)c2cc1OC. The Bertz CT molecular complexity index is 1130. The van der Waals surface area contributed by atoms with Crippen LogP contribution in [0.5, 0.6) is 23.0 Å². The molecule has 3 aromatic carbocycles. The van der Waals surface area contributed by atoms with Gasteiger partial charge in [-0.05, 0) is 60.7 Å². The van der Waals surface area contributed by atoms with E-state index in [-0.39, 0.29) is 5.82 Å². The van der Waals surface area contributed by atoms with Gasteiger partial charge in [0.2, 0.25) is 0 Å². The maximum atomic E-state index is 13.0. The number of anilines is 2. The molecule has 6 heteroatoms. The number of nitrogens with one attached hydrogen (secondary N) is 1. The molecule has 0 aliphatic heterocycles. The Balaban J connectivity index is 1.57. The van der Waals surface area contributed by atoms with Gasteiger partial charge in [0, 0.05) is 29.0 Å². The Labute approximate surface area is 167 Å². The normalized spacial score (nSPS) is 10.6. The van der Waals surface area contributed by atoms with Gasteiger partial charge in [-0.25, -0.2) is 4.39 Å². The second kappa shape index (κ2) is 8.06. The third kappa shape index (κ3) is 4.06. The van der Waals surface area contributed by atoms with Gasteiger partial charge in [0.05, 0.1) is 19.7 Å². The van der Waals surface area contributed by atoms with Crippen LogP contribution in [-0.4, -0.2) is 19.2 Å². The summed E-state index contributed by atoms with van der Waals surface area (Å²) in [5.74, 6) is 2.29. The first-order valence-corrected chi connectivity index (χ1v) is 8.97. The summed E-state index contributed by atoms with van der Waals surface area (Å²) in [6, 6.07) is 19.2. The van der Waals surface area contributed by atoms with Gasteiger partial charge >= 0.3 is 0 Å². The van der Waals surface area contributed by atoms with E-state index >= 15 is 0 Å². The molecule has 146 valence electrons. The van der Waals surface area contributed by atoms with E-state index in [1.165, 1.54) is 12.1 Å². The Morgan fingerprint density at radius 2 is 1.38 bits per heavy atom. The number of methoxy groups -OCH3 is 2. The van der Waals surface area contributed by atoms with Crippen LogP contribution in [0.4, 0.5) is 15.8 Å². The molecule has 1 heterocycles. The number of halogens is 1. The minimum atomic E-state index is -0.266. The second-order valence-electron chi connectivity index (χ2n) is 6.29. The minimum absolute atomic E-state index is 0.266. The first kappa shape index (κ1) is 18.6. The quantitative estimate of drug-likeness (QED) is 0.442. The smallest absolute Gasteiger partial charge is 0.162 e. The largest absolute Gasteiger partial charge is 0.493 e. The number of aromatic nitrogens is 1. The van der Waals surface area contributed by atoms with Crippen molar-refractivity contribution < 1.29 is 18.6 Å². The van der Waals surface area contributed by atoms with Gasteiger partial charge in [-0.2, -0.15) is 0 Å². The molecule has 0 saturated carbocycles. The number of fused-ring (bicyclic) bond motifs is 1. The van der Waals surface area contributed by atoms with Crippen molar-refractivity contribution in [3.05, 3.63) is 78.7 Å². The highest BCUT2D eigenvalue weighted by molar-refractivity contribution is 5.88. The highest BCUT2D eigenvalue weighted by Crippen LogP contribution is 2.37. The van der Waals surface area contributed by atoms with Crippen LogP contribution in [0, 0.1) is 5.82 Å². The van der Waals surface area contributed by atoms with Crippen LogP contribution in [0.15, 0.2) is 72.9 Å². The fourth-order valence-electron chi connectivity index (χ4n) is 2.97. The van der Waals surface area contributed by atoms with Gasteiger partial charge in [-0.3, -0.25) is 4.98 Å². The van der Waals surface area contributed by atoms with Crippen LogP contribution < -0.4 is 19.5 Å². The first-order chi connectivity index (χ1) is 14.2. The van der Waals surface area contributed by atoms with Crippen molar-refractivity contribution in [3.63, 3.8) is 0 Å². The van der Waals surface area contributed by atoms with Crippen molar-refractivity contribution in [3.8, 4) is 23.0 Å². The molecule has 0 radical (unpaired) electrons. The molecule has 0 aliphatic rings. The predicted molar refractivity (Wildman–Crippen MR) is 111 cm³/mol. The number of hydrogen-bond donors (Lipinski definition) is 1. The zero-order valence-electron chi connectivity index (χ0n) is 16.0. The van der Waals surface area contributed by atoms with Crippen molar-refractivity contribution in [1.82, 2.24) is 4.98 Å². The molecular weight excluding hydrogens is 371 g/mol. The van der Waals surface area contributed by atoms with E-state index in [9.17, 15) is 4.39 Å². The van der Waals surface area contributed by atoms with E-state index < -0.39 is 0 Å². The number of nitrogens with zero attached hydrogens (tertiary/aromatic N) is 1. The number of rotatable bonds is 6. The lowest BCUT2D eigenvalue weighted by atomic mass is 10.2. The highest BCUT2D eigenvalue weighted by atomic mass is 19.1. The molecule has 0 spiro atoms. The molecule has 4 rings (SSSR count). The molecule has 0 aliphatic carbocycles. The summed E-state index contributed by atoms with van der Waals surface area (Å²) < 4.78 is 29.8. The Kier molecular flexibility index (Phi) is 5.16. The average molecular weight is 390 g/mol. The van der Waals surface area contributed by atoms with E-state index in [0.29, 0.717) is 23.0 Å². The van der Waals surface area contributed by atoms with E-state index in [1.54, 1.807) is 38.6 Å². The van der Waals surface area contributed by atoms with Crippen molar-refractivity contribution in [2.45, 2.75) is 0 Å². The molecule has 0 atom stereocenters. The summed E-state index contributed by atoms with van der Waals surface area (Å²) in [6.45, 7) is 0. The van der Waals surface area contributed by atoms with Crippen LogP contribution in [0.2, 0.25) is 0 Å². The van der Waals surface area contributed by atoms with Gasteiger partial charge in [0.25, 0.3) is 0 Å². The van der Waals surface area contributed by atoms with Crippen molar-refractivity contribution >= 4 is 22.3 Å². The van der Waals surface area contributed by atoms with Crippen LogP contribution in [0.25, 0.3) is 10.9 Å².